The highest BCUT2D eigenvalue weighted by Gasteiger charge is 2.17. The van der Waals surface area contributed by atoms with Crippen LogP contribution in [0.1, 0.15) is 36.0 Å². The summed E-state index contributed by atoms with van der Waals surface area (Å²) in [6, 6.07) is 4.08. The first kappa shape index (κ1) is 16.9. The zero-order valence-electron chi connectivity index (χ0n) is 11.0. The van der Waals surface area contributed by atoms with Gasteiger partial charge in [-0.3, -0.25) is 0 Å². The van der Waals surface area contributed by atoms with E-state index in [1.165, 1.54) is 18.2 Å². The van der Waals surface area contributed by atoms with Crippen molar-refractivity contribution in [2.45, 2.75) is 30.6 Å². The van der Waals surface area contributed by atoms with Crippen molar-refractivity contribution in [1.29, 1.82) is 0 Å². The van der Waals surface area contributed by atoms with Crippen LogP contribution >= 0.6 is 15.9 Å². The molecule has 0 unspecified atom stereocenters. The van der Waals surface area contributed by atoms with Crippen LogP contribution in [0.15, 0.2) is 40.2 Å². The van der Waals surface area contributed by atoms with E-state index in [9.17, 15) is 13.2 Å². The summed E-state index contributed by atoms with van der Waals surface area (Å²) in [6.45, 7) is 3.61. The van der Waals surface area contributed by atoms with Crippen LogP contribution in [0.25, 0.3) is 0 Å². The Morgan fingerprint density at radius 3 is 2.60 bits per heavy atom. The fourth-order valence-corrected chi connectivity index (χ4v) is 3.55. The van der Waals surface area contributed by atoms with Gasteiger partial charge in [-0.2, -0.15) is 0 Å². The number of rotatable bonds is 8. The topological polar surface area (TPSA) is 71.4 Å². The van der Waals surface area contributed by atoms with E-state index in [0.29, 0.717) is 10.9 Å². The second kappa shape index (κ2) is 7.59. The Bertz CT molecular complexity index is 593. The molecule has 0 aliphatic carbocycles. The van der Waals surface area contributed by atoms with Gasteiger partial charge in [0.2, 0.25) is 0 Å². The molecule has 6 heteroatoms. The minimum absolute atomic E-state index is 0.0326. The molecule has 1 N–H and O–H groups in total. The third kappa shape index (κ3) is 4.76. The van der Waals surface area contributed by atoms with Crippen molar-refractivity contribution in [2.24, 2.45) is 0 Å². The predicted molar refractivity (Wildman–Crippen MR) is 81.8 cm³/mol. The van der Waals surface area contributed by atoms with Crippen molar-refractivity contribution in [1.82, 2.24) is 0 Å². The van der Waals surface area contributed by atoms with Gasteiger partial charge >= 0.3 is 5.97 Å². The molecule has 1 rings (SSSR count). The van der Waals surface area contributed by atoms with Gasteiger partial charge in [-0.25, -0.2) is 13.2 Å². The average Bonchev–Trinajstić information content (AvgIpc) is 2.38. The van der Waals surface area contributed by atoms with Crippen molar-refractivity contribution in [3.8, 4) is 0 Å². The standard InChI is InChI=1S/C14H17BrO4S/c1-2-3-4-5-6-9-20(18,19)11-7-8-13(15)12(10-11)14(16)17/h2,7-8,10H,1,3-6,9H2,(H,16,17). The van der Waals surface area contributed by atoms with E-state index in [0.717, 1.165) is 19.3 Å². The Hall–Kier alpha value is -1.14. The summed E-state index contributed by atoms with van der Waals surface area (Å²) in [5, 5.41) is 8.99. The number of unbranched alkanes of at least 4 members (excludes halogenated alkanes) is 3. The smallest absolute Gasteiger partial charge is 0.336 e. The van der Waals surface area contributed by atoms with Gasteiger partial charge in [0.25, 0.3) is 0 Å². The quantitative estimate of drug-likeness (QED) is 0.567. The molecule has 1 aromatic rings. The second-order valence-corrected chi connectivity index (χ2v) is 7.37. The molecule has 0 amide bonds. The van der Waals surface area contributed by atoms with Crippen LogP contribution in [-0.4, -0.2) is 25.2 Å². The summed E-state index contributed by atoms with van der Waals surface area (Å²) in [4.78, 5) is 11.1. The lowest BCUT2D eigenvalue weighted by atomic mass is 10.2. The van der Waals surface area contributed by atoms with E-state index in [1.54, 1.807) is 0 Å². The Balaban J connectivity index is 2.80. The van der Waals surface area contributed by atoms with Gasteiger partial charge < -0.3 is 5.11 Å². The number of allylic oxidation sites excluding steroid dienone is 1. The van der Waals surface area contributed by atoms with Gasteiger partial charge in [-0.1, -0.05) is 12.5 Å². The van der Waals surface area contributed by atoms with E-state index in [-0.39, 0.29) is 16.2 Å². The molecule has 110 valence electrons. The van der Waals surface area contributed by atoms with Gasteiger partial charge in [-0.15, -0.1) is 6.58 Å². The van der Waals surface area contributed by atoms with Crippen LogP contribution in [-0.2, 0) is 9.84 Å². The predicted octanol–water partition coefficient (Wildman–Crippen LogP) is 3.67. The number of aromatic carboxylic acids is 1. The third-order valence-corrected chi connectivity index (χ3v) is 5.34. The third-order valence-electron chi connectivity index (χ3n) is 2.85. The maximum atomic E-state index is 12.1. The highest BCUT2D eigenvalue weighted by atomic mass is 79.9. The largest absolute Gasteiger partial charge is 0.478 e. The van der Waals surface area contributed by atoms with Gasteiger partial charge in [0, 0.05) is 4.47 Å². The lowest BCUT2D eigenvalue weighted by Crippen LogP contribution is -2.09. The van der Waals surface area contributed by atoms with Crippen molar-refractivity contribution < 1.29 is 18.3 Å². The molecule has 0 heterocycles. The fourth-order valence-electron chi connectivity index (χ4n) is 1.74. The van der Waals surface area contributed by atoms with Crippen molar-refractivity contribution in [3.63, 3.8) is 0 Å². The first-order valence-electron chi connectivity index (χ1n) is 6.25. The molecule has 1 aromatic carbocycles. The molecule has 0 atom stereocenters. The zero-order chi connectivity index (χ0) is 15.2. The SMILES string of the molecule is C=CCCCCCS(=O)(=O)c1ccc(Br)c(C(=O)O)c1. The molecule has 4 nitrogen and oxygen atoms in total. The van der Waals surface area contributed by atoms with Crippen LogP contribution in [0.3, 0.4) is 0 Å². The van der Waals surface area contributed by atoms with Crippen molar-refractivity contribution in [3.05, 3.63) is 40.9 Å². The first-order chi connectivity index (χ1) is 9.38. The van der Waals surface area contributed by atoms with E-state index >= 15 is 0 Å². The summed E-state index contributed by atoms with van der Waals surface area (Å²) < 4.78 is 24.6. The van der Waals surface area contributed by atoms with Crippen molar-refractivity contribution >= 4 is 31.7 Å². The van der Waals surface area contributed by atoms with E-state index in [4.69, 9.17) is 5.11 Å². The number of carboxylic acids is 1. The van der Waals surface area contributed by atoms with Gasteiger partial charge in [-0.05, 0) is 53.4 Å². The number of carbonyl (C=O) groups is 1. The van der Waals surface area contributed by atoms with Crippen LogP contribution in [0.4, 0.5) is 0 Å². The fraction of sp³-hybridized carbons (Fsp3) is 0.357. The molecule has 0 aliphatic heterocycles. The van der Waals surface area contributed by atoms with Crippen LogP contribution < -0.4 is 0 Å². The molecule has 0 saturated carbocycles. The highest BCUT2D eigenvalue weighted by molar-refractivity contribution is 9.10. The number of halogens is 1. The molecule has 0 bridgehead atoms. The normalized spacial score (nSPS) is 11.2. The summed E-state index contributed by atoms with van der Waals surface area (Å²) in [6.07, 6.45) is 4.98. The minimum atomic E-state index is -3.43. The monoisotopic (exact) mass is 360 g/mol. The average molecular weight is 361 g/mol. The molecule has 0 aliphatic rings. The highest BCUT2D eigenvalue weighted by Crippen LogP contribution is 2.22. The summed E-state index contributed by atoms with van der Waals surface area (Å²) >= 11 is 3.09. The van der Waals surface area contributed by atoms with E-state index < -0.39 is 15.8 Å². The molecule has 20 heavy (non-hydrogen) atoms. The molecular formula is C14H17BrO4S. The van der Waals surface area contributed by atoms with Gasteiger partial charge in [0.15, 0.2) is 9.84 Å². The summed E-state index contributed by atoms with van der Waals surface area (Å²) in [5.74, 6) is -1.12. The number of carboxylic acid groups (broad SMARTS) is 1. The lowest BCUT2D eigenvalue weighted by molar-refractivity contribution is 0.0695. The molecule has 0 saturated heterocycles. The summed E-state index contributed by atoms with van der Waals surface area (Å²) in [7, 11) is -3.43. The maximum absolute atomic E-state index is 12.1. The number of sulfone groups is 1. The number of hydrogen-bond donors (Lipinski definition) is 1. The van der Waals surface area contributed by atoms with Crippen LogP contribution in [0.5, 0.6) is 0 Å². The number of hydrogen-bond acceptors (Lipinski definition) is 3. The van der Waals surface area contributed by atoms with Crippen molar-refractivity contribution in [2.75, 3.05) is 5.75 Å². The van der Waals surface area contributed by atoms with E-state index in [1.807, 2.05) is 6.08 Å². The lowest BCUT2D eigenvalue weighted by Gasteiger charge is -2.06. The number of benzene rings is 1. The van der Waals surface area contributed by atoms with Gasteiger partial charge in [0.05, 0.1) is 16.2 Å². The maximum Gasteiger partial charge on any atom is 0.336 e. The Morgan fingerprint density at radius 2 is 2.00 bits per heavy atom. The Morgan fingerprint density at radius 1 is 1.30 bits per heavy atom. The Labute approximate surface area is 127 Å². The van der Waals surface area contributed by atoms with Crippen LogP contribution in [0.2, 0.25) is 0 Å². The minimum Gasteiger partial charge on any atom is -0.478 e. The Kier molecular flexibility index (Phi) is 6.42. The first-order valence-corrected chi connectivity index (χ1v) is 8.69. The molecule has 0 spiro atoms. The summed E-state index contributed by atoms with van der Waals surface area (Å²) in [5.41, 5.74) is -0.0438. The molecule has 0 radical (unpaired) electrons. The molecule has 0 aromatic heterocycles. The van der Waals surface area contributed by atoms with E-state index in [2.05, 4.69) is 22.5 Å². The zero-order valence-corrected chi connectivity index (χ0v) is 13.4. The second-order valence-electron chi connectivity index (χ2n) is 4.40. The van der Waals surface area contributed by atoms with Crippen LogP contribution in [0, 0.1) is 0 Å². The molecular weight excluding hydrogens is 344 g/mol. The van der Waals surface area contributed by atoms with Gasteiger partial charge in [0.1, 0.15) is 0 Å². The molecule has 0 fully saturated rings.